The second-order valence-corrected chi connectivity index (χ2v) is 4.59. The maximum Gasteiger partial charge on any atom is 0.244 e. The van der Waals surface area contributed by atoms with E-state index in [0.717, 1.165) is 31.6 Å². The van der Waals surface area contributed by atoms with Gasteiger partial charge >= 0.3 is 0 Å². The molecule has 94 valence electrons. The van der Waals surface area contributed by atoms with Gasteiger partial charge in [-0.25, -0.2) is 0 Å². The summed E-state index contributed by atoms with van der Waals surface area (Å²) in [4.78, 5) is 14.0. The fourth-order valence-electron chi connectivity index (χ4n) is 2.20. The predicted octanol–water partition coefficient (Wildman–Crippen LogP) is 1.98. The van der Waals surface area contributed by atoms with Crippen LogP contribution in [0.25, 0.3) is 0 Å². The number of hydrogen-bond acceptors (Lipinski definition) is 3. The number of nitrogens with zero attached hydrogens (tertiary/aromatic N) is 2. The summed E-state index contributed by atoms with van der Waals surface area (Å²) < 4.78 is 0. The molecule has 0 spiro atoms. The number of nitriles is 1. The SMILES string of the molecule is CC(Nc1cccc(C#N)c1)C(=O)N1CCCC1. The molecular weight excluding hydrogens is 226 g/mol. The molecule has 1 unspecified atom stereocenters. The van der Waals surface area contributed by atoms with Crippen molar-refractivity contribution in [1.82, 2.24) is 4.90 Å². The van der Waals surface area contributed by atoms with Crippen molar-refractivity contribution in [3.05, 3.63) is 29.8 Å². The van der Waals surface area contributed by atoms with Crippen LogP contribution in [0.5, 0.6) is 0 Å². The maximum atomic E-state index is 12.1. The summed E-state index contributed by atoms with van der Waals surface area (Å²) in [6.45, 7) is 3.59. The van der Waals surface area contributed by atoms with E-state index in [-0.39, 0.29) is 11.9 Å². The lowest BCUT2D eigenvalue weighted by atomic mass is 10.2. The smallest absolute Gasteiger partial charge is 0.244 e. The molecule has 2 rings (SSSR count). The summed E-state index contributed by atoms with van der Waals surface area (Å²) in [7, 11) is 0. The van der Waals surface area contributed by atoms with Crippen molar-refractivity contribution in [3.8, 4) is 6.07 Å². The lowest BCUT2D eigenvalue weighted by Gasteiger charge is -2.21. The predicted molar refractivity (Wildman–Crippen MR) is 70.1 cm³/mol. The molecule has 1 aliphatic rings. The molecule has 1 heterocycles. The maximum absolute atomic E-state index is 12.1. The molecule has 0 radical (unpaired) electrons. The summed E-state index contributed by atoms with van der Waals surface area (Å²) in [6.07, 6.45) is 2.20. The Balaban J connectivity index is 1.99. The molecule has 4 heteroatoms. The Morgan fingerprint density at radius 2 is 2.17 bits per heavy atom. The van der Waals surface area contributed by atoms with Crippen molar-refractivity contribution < 1.29 is 4.79 Å². The minimum Gasteiger partial charge on any atom is -0.374 e. The number of rotatable bonds is 3. The van der Waals surface area contributed by atoms with Crippen molar-refractivity contribution in [2.75, 3.05) is 18.4 Å². The first-order valence-electron chi connectivity index (χ1n) is 6.26. The standard InChI is InChI=1S/C14H17N3O/c1-11(14(18)17-7-2-3-8-17)16-13-6-4-5-12(9-13)10-15/h4-6,9,11,16H,2-3,7-8H2,1H3. The monoisotopic (exact) mass is 243 g/mol. The van der Waals surface area contributed by atoms with Gasteiger partial charge in [-0.1, -0.05) is 6.07 Å². The van der Waals surface area contributed by atoms with Crippen LogP contribution in [-0.4, -0.2) is 29.9 Å². The van der Waals surface area contributed by atoms with Crippen LogP contribution < -0.4 is 5.32 Å². The van der Waals surface area contributed by atoms with E-state index >= 15 is 0 Å². The lowest BCUT2D eigenvalue weighted by molar-refractivity contribution is -0.130. The van der Waals surface area contributed by atoms with E-state index in [0.29, 0.717) is 5.56 Å². The van der Waals surface area contributed by atoms with E-state index in [1.54, 1.807) is 12.1 Å². The molecule has 1 aromatic carbocycles. The quantitative estimate of drug-likeness (QED) is 0.883. The van der Waals surface area contributed by atoms with E-state index in [4.69, 9.17) is 5.26 Å². The van der Waals surface area contributed by atoms with Gasteiger partial charge in [0.2, 0.25) is 5.91 Å². The van der Waals surface area contributed by atoms with Crippen LogP contribution in [-0.2, 0) is 4.79 Å². The molecule has 4 nitrogen and oxygen atoms in total. The molecule has 1 aliphatic heterocycles. The summed E-state index contributed by atoms with van der Waals surface area (Å²) in [5.74, 6) is 0.134. The van der Waals surface area contributed by atoms with Gasteiger partial charge in [-0.05, 0) is 38.0 Å². The van der Waals surface area contributed by atoms with Crippen molar-refractivity contribution >= 4 is 11.6 Å². The topological polar surface area (TPSA) is 56.1 Å². The highest BCUT2D eigenvalue weighted by Gasteiger charge is 2.22. The third kappa shape index (κ3) is 2.80. The fraction of sp³-hybridized carbons (Fsp3) is 0.429. The Morgan fingerprint density at radius 1 is 1.44 bits per heavy atom. The van der Waals surface area contributed by atoms with Gasteiger partial charge in [0.05, 0.1) is 11.6 Å². The second kappa shape index (κ2) is 5.54. The van der Waals surface area contributed by atoms with E-state index < -0.39 is 0 Å². The van der Waals surface area contributed by atoms with Gasteiger partial charge in [0.1, 0.15) is 6.04 Å². The van der Waals surface area contributed by atoms with Gasteiger partial charge in [0.25, 0.3) is 0 Å². The average Bonchev–Trinajstić information content (AvgIpc) is 2.92. The number of hydrogen-bond donors (Lipinski definition) is 1. The van der Waals surface area contributed by atoms with Crippen LogP contribution in [0.4, 0.5) is 5.69 Å². The Hall–Kier alpha value is -2.02. The zero-order chi connectivity index (χ0) is 13.0. The van der Waals surface area contributed by atoms with E-state index in [2.05, 4.69) is 11.4 Å². The van der Waals surface area contributed by atoms with Crippen LogP contribution in [0.15, 0.2) is 24.3 Å². The van der Waals surface area contributed by atoms with E-state index in [1.165, 1.54) is 0 Å². The molecule has 1 atom stereocenters. The van der Waals surface area contributed by atoms with Gasteiger partial charge in [0, 0.05) is 18.8 Å². The number of carbonyl (C=O) groups excluding carboxylic acids is 1. The summed E-state index contributed by atoms with van der Waals surface area (Å²) in [5, 5.41) is 12.0. The normalized spacial score (nSPS) is 16.1. The second-order valence-electron chi connectivity index (χ2n) is 4.59. The molecule has 1 fully saturated rings. The van der Waals surface area contributed by atoms with E-state index in [1.807, 2.05) is 24.0 Å². The fourth-order valence-corrected chi connectivity index (χ4v) is 2.20. The van der Waals surface area contributed by atoms with Gasteiger partial charge in [0.15, 0.2) is 0 Å². The third-order valence-electron chi connectivity index (χ3n) is 3.16. The van der Waals surface area contributed by atoms with Crippen LogP contribution in [0.3, 0.4) is 0 Å². The molecule has 18 heavy (non-hydrogen) atoms. The summed E-state index contributed by atoms with van der Waals surface area (Å²) in [5.41, 5.74) is 1.41. The largest absolute Gasteiger partial charge is 0.374 e. The number of anilines is 1. The molecule has 1 aromatic rings. The summed E-state index contributed by atoms with van der Waals surface area (Å²) in [6, 6.07) is 9.03. The van der Waals surface area contributed by atoms with Crippen LogP contribution in [0, 0.1) is 11.3 Å². The molecule has 0 aromatic heterocycles. The molecule has 1 N–H and O–H groups in total. The number of amides is 1. The highest BCUT2D eigenvalue weighted by molar-refractivity contribution is 5.84. The Kier molecular flexibility index (Phi) is 3.83. The van der Waals surface area contributed by atoms with Crippen LogP contribution >= 0.6 is 0 Å². The Bertz CT molecular complexity index is 472. The zero-order valence-corrected chi connectivity index (χ0v) is 10.5. The highest BCUT2D eigenvalue weighted by atomic mass is 16.2. The van der Waals surface area contributed by atoms with Crippen molar-refractivity contribution in [1.29, 1.82) is 5.26 Å². The first-order chi connectivity index (χ1) is 8.70. The average molecular weight is 243 g/mol. The first kappa shape index (κ1) is 12.4. The third-order valence-corrected chi connectivity index (χ3v) is 3.16. The highest BCUT2D eigenvalue weighted by Crippen LogP contribution is 2.14. The minimum atomic E-state index is -0.253. The molecule has 1 saturated heterocycles. The molecule has 0 bridgehead atoms. The Morgan fingerprint density at radius 3 is 2.83 bits per heavy atom. The van der Waals surface area contributed by atoms with Crippen molar-refractivity contribution in [2.24, 2.45) is 0 Å². The number of carbonyl (C=O) groups is 1. The van der Waals surface area contributed by atoms with Gasteiger partial charge in [-0.2, -0.15) is 5.26 Å². The molecule has 0 aliphatic carbocycles. The lowest BCUT2D eigenvalue weighted by Crippen LogP contribution is -2.39. The minimum absolute atomic E-state index is 0.134. The van der Waals surface area contributed by atoms with E-state index in [9.17, 15) is 4.79 Å². The zero-order valence-electron chi connectivity index (χ0n) is 10.5. The molecule has 0 saturated carbocycles. The molecular formula is C14H17N3O. The van der Waals surface area contributed by atoms with Gasteiger partial charge < -0.3 is 10.2 Å². The van der Waals surface area contributed by atoms with Crippen molar-refractivity contribution in [3.63, 3.8) is 0 Å². The first-order valence-corrected chi connectivity index (χ1v) is 6.26. The van der Waals surface area contributed by atoms with Gasteiger partial charge in [-0.3, -0.25) is 4.79 Å². The summed E-state index contributed by atoms with van der Waals surface area (Å²) >= 11 is 0. The Labute approximate surface area is 107 Å². The number of benzene rings is 1. The number of likely N-dealkylation sites (tertiary alicyclic amines) is 1. The molecule has 1 amide bonds. The van der Waals surface area contributed by atoms with Crippen molar-refractivity contribution in [2.45, 2.75) is 25.8 Å². The number of nitrogens with one attached hydrogen (secondary N) is 1. The van der Waals surface area contributed by atoms with Crippen LogP contribution in [0.2, 0.25) is 0 Å². The van der Waals surface area contributed by atoms with Gasteiger partial charge in [-0.15, -0.1) is 0 Å². The van der Waals surface area contributed by atoms with Crippen LogP contribution in [0.1, 0.15) is 25.3 Å².